The van der Waals surface area contributed by atoms with Crippen LogP contribution in [0.4, 0.5) is 0 Å². The first-order valence-corrected chi connectivity index (χ1v) is 11.0. The fourth-order valence-electron chi connectivity index (χ4n) is 3.84. The van der Waals surface area contributed by atoms with E-state index in [0.717, 1.165) is 28.8 Å². The summed E-state index contributed by atoms with van der Waals surface area (Å²) in [6.07, 6.45) is 0.900. The lowest BCUT2D eigenvalue weighted by Crippen LogP contribution is -2.16. The molecule has 0 spiro atoms. The molecule has 0 aromatic heterocycles. The Labute approximate surface area is 191 Å². The summed E-state index contributed by atoms with van der Waals surface area (Å²) in [6.45, 7) is 7.04. The first kappa shape index (κ1) is 23.7. The van der Waals surface area contributed by atoms with Gasteiger partial charge in [0.25, 0.3) is 0 Å². The Morgan fingerprint density at radius 2 is 1.47 bits per heavy atom. The lowest BCUT2D eigenvalue weighted by Gasteiger charge is -2.24. The third kappa shape index (κ3) is 5.84. The van der Waals surface area contributed by atoms with Gasteiger partial charge in [0.15, 0.2) is 0 Å². The molecule has 4 heteroatoms. The SMILES string of the molecule is CN(C)Cc1cc(C=N[C@H](c2ccccc2)[C@@H](O)c2ccccc2)c(O)c(C(C)(C)C)c1. The van der Waals surface area contributed by atoms with Gasteiger partial charge in [0.2, 0.25) is 0 Å². The number of aromatic hydroxyl groups is 1. The molecule has 2 atom stereocenters. The van der Waals surface area contributed by atoms with E-state index in [2.05, 4.69) is 31.7 Å². The second-order valence-electron chi connectivity index (χ2n) is 9.56. The van der Waals surface area contributed by atoms with Crippen molar-refractivity contribution in [3.63, 3.8) is 0 Å². The molecule has 3 rings (SSSR count). The lowest BCUT2D eigenvalue weighted by molar-refractivity contribution is 0.148. The van der Waals surface area contributed by atoms with Gasteiger partial charge in [-0.3, -0.25) is 4.99 Å². The lowest BCUT2D eigenvalue weighted by atomic mass is 9.84. The first-order valence-electron chi connectivity index (χ1n) is 11.0. The van der Waals surface area contributed by atoms with Crippen LogP contribution in [-0.4, -0.2) is 35.4 Å². The van der Waals surface area contributed by atoms with Gasteiger partial charge in [-0.2, -0.15) is 0 Å². The van der Waals surface area contributed by atoms with Crippen LogP contribution in [0.5, 0.6) is 5.75 Å². The molecule has 0 bridgehead atoms. The Balaban J connectivity index is 2.06. The third-order valence-corrected chi connectivity index (χ3v) is 5.46. The number of hydrogen-bond acceptors (Lipinski definition) is 4. The highest BCUT2D eigenvalue weighted by Gasteiger charge is 2.23. The number of nitrogens with zero attached hydrogens (tertiary/aromatic N) is 2. The monoisotopic (exact) mass is 430 g/mol. The van der Waals surface area contributed by atoms with Gasteiger partial charge in [-0.1, -0.05) is 87.5 Å². The summed E-state index contributed by atoms with van der Waals surface area (Å²) in [7, 11) is 4.05. The maximum absolute atomic E-state index is 11.2. The Kier molecular flexibility index (Phi) is 7.49. The Morgan fingerprint density at radius 1 is 0.906 bits per heavy atom. The predicted octanol–water partition coefficient (Wildman–Crippen LogP) is 5.65. The number of rotatable bonds is 7. The first-order chi connectivity index (χ1) is 15.2. The van der Waals surface area contributed by atoms with E-state index in [1.165, 1.54) is 0 Å². The van der Waals surface area contributed by atoms with E-state index in [-0.39, 0.29) is 11.2 Å². The van der Waals surface area contributed by atoms with E-state index in [1.54, 1.807) is 6.21 Å². The standard InChI is InChI=1S/C28H34N2O2/c1-28(2,3)24-17-20(19-30(4)5)16-23(26(24)31)18-29-25(21-12-8-6-9-13-21)27(32)22-14-10-7-11-15-22/h6-18,25,27,31-32H,19H2,1-5H3/t25-,27+/m1/s1. The summed E-state index contributed by atoms with van der Waals surface area (Å²) >= 11 is 0. The molecule has 2 N–H and O–H groups in total. The van der Waals surface area contributed by atoms with Crippen molar-refractivity contribution in [2.45, 2.75) is 44.9 Å². The van der Waals surface area contributed by atoms with Crippen LogP contribution >= 0.6 is 0 Å². The topological polar surface area (TPSA) is 56.1 Å². The van der Waals surface area contributed by atoms with Crippen LogP contribution in [0.1, 0.15) is 60.7 Å². The number of phenolic OH excluding ortho intramolecular Hbond substituents is 1. The van der Waals surface area contributed by atoms with Gasteiger partial charge in [0.1, 0.15) is 17.9 Å². The second-order valence-corrected chi connectivity index (χ2v) is 9.56. The minimum atomic E-state index is -0.802. The number of aliphatic hydroxyl groups is 1. The second kappa shape index (κ2) is 10.1. The van der Waals surface area contributed by atoms with Crippen molar-refractivity contribution in [1.82, 2.24) is 4.90 Å². The summed E-state index contributed by atoms with van der Waals surface area (Å²) in [4.78, 5) is 6.90. The van der Waals surface area contributed by atoms with E-state index in [0.29, 0.717) is 5.56 Å². The molecule has 3 aromatic rings. The van der Waals surface area contributed by atoms with E-state index in [1.807, 2.05) is 80.8 Å². The van der Waals surface area contributed by atoms with Crippen molar-refractivity contribution >= 4 is 6.21 Å². The fraction of sp³-hybridized carbons (Fsp3) is 0.321. The van der Waals surface area contributed by atoms with Gasteiger partial charge in [-0.05, 0) is 42.3 Å². The Hall–Kier alpha value is -2.95. The molecule has 0 amide bonds. The summed E-state index contributed by atoms with van der Waals surface area (Å²) in [5.41, 5.74) is 4.17. The Morgan fingerprint density at radius 3 is 2.00 bits per heavy atom. The molecular weight excluding hydrogens is 396 g/mol. The van der Waals surface area contributed by atoms with E-state index >= 15 is 0 Å². The maximum Gasteiger partial charge on any atom is 0.128 e. The fourth-order valence-corrected chi connectivity index (χ4v) is 3.84. The van der Waals surface area contributed by atoms with Crippen LogP contribution in [0.2, 0.25) is 0 Å². The van der Waals surface area contributed by atoms with Gasteiger partial charge < -0.3 is 15.1 Å². The van der Waals surface area contributed by atoms with Gasteiger partial charge >= 0.3 is 0 Å². The molecule has 4 nitrogen and oxygen atoms in total. The van der Waals surface area contributed by atoms with Gasteiger partial charge in [-0.15, -0.1) is 0 Å². The number of aliphatic imine (C=N–C) groups is 1. The molecule has 0 aliphatic rings. The minimum absolute atomic E-state index is 0.211. The largest absolute Gasteiger partial charge is 0.507 e. The van der Waals surface area contributed by atoms with E-state index in [4.69, 9.17) is 4.99 Å². The normalized spacial score (nSPS) is 14.1. The van der Waals surface area contributed by atoms with Crippen LogP contribution < -0.4 is 0 Å². The van der Waals surface area contributed by atoms with Crippen molar-refractivity contribution in [3.05, 3.63) is 101 Å². The van der Waals surface area contributed by atoms with Crippen LogP contribution in [0.25, 0.3) is 0 Å². The van der Waals surface area contributed by atoms with Gasteiger partial charge in [0.05, 0.1) is 0 Å². The molecule has 0 fully saturated rings. The van der Waals surface area contributed by atoms with Crippen molar-refractivity contribution in [2.75, 3.05) is 14.1 Å². The quantitative estimate of drug-likeness (QED) is 0.477. The molecule has 0 aliphatic heterocycles. The van der Waals surface area contributed by atoms with Crippen LogP contribution in [0.3, 0.4) is 0 Å². The molecule has 0 saturated heterocycles. The summed E-state index contributed by atoms with van der Waals surface area (Å²) < 4.78 is 0. The molecule has 0 saturated carbocycles. The summed E-state index contributed by atoms with van der Waals surface area (Å²) in [5, 5.41) is 22.2. The Bertz CT molecular complexity index is 1040. The van der Waals surface area contributed by atoms with Gasteiger partial charge in [-0.25, -0.2) is 0 Å². The highest BCUT2D eigenvalue weighted by Crippen LogP contribution is 2.36. The zero-order valence-electron chi connectivity index (χ0n) is 19.7. The highest BCUT2D eigenvalue weighted by atomic mass is 16.3. The van der Waals surface area contributed by atoms with Crippen LogP contribution in [0, 0.1) is 0 Å². The molecule has 32 heavy (non-hydrogen) atoms. The molecule has 3 aromatic carbocycles. The van der Waals surface area contributed by atoms with Crippen LogP contribution in [0.15, 0.2) is 77.8 Å². The molecule has 0 radical (unpaired) electrons. The number of phenols is 1. The minimum Gasteiger partial charge on any atom is -0.507 e. The molecule has 0 aliphatic carbocycles. The van der Waals surface area contributed by atoms with Crippen LogP contribution in [-0.2, 0) is 12.0 Å². The highest BCUT2D eigenvalue weighted by molar-refractivity contribution is 5.85. The number of hydrogen-bond donors (Lipinski definition) is 2. The number of benzene rings is 3. The van der Waals surface area contributed by atoms with E-state index < -0.39 is 12.1 Å². The van der Waals surface area contributed by atoms with Crippen molar-refractivity contribution in [3.8, 4) is 5.75 Å². The molecule has 0 heterocycles. The van der Waals surface area contributed by atoms with Crippen molar-refractivity contribution in [1.29, 1.82) is 0 Å². The zero-order valence-corrected chi connectivity index (χ0v) is 19.7. The average Bonchev–Trinajstić information content (AvgIpc) is 2.75. The van der Waals surface area contributed by atoms with Crippen molar-refractivity contribution < 1.29 is 10.2 Å². The summed E-state index contributed by atoms with van der Waals surface area (Å²) in [6, 6.07) is 22.9. The zero-order chi connectivity index (χ0) is 23.3. The average molecular weight is 431 g/mol. The molecular formula is C28H34N2O2. The number of aliphatic hydroxyl groups excluding tert-OH is 1. The van der Waals surface area contributed by atoms with Crippen molar-refractivity contribution in [2.24, 2.45) is 4.99 Å². The molecule has 0 unspecified atom stereocenters. The maximum atomic E-state index is 11.2. The predicted molar refractivity (Wildman–Crippen MR) is 132 cm³/mol. The smallest absolute Gasteiger partial charge is 0.128 e. The molecule has 168 valence electrons. The summed E-state index contributed by atoms with van der Waals surface area (Å²) in [5.74, 6) is 0.241. The van der Waals surface area contributed by atoms with Gasteiger partial charge in [0, 0.05) is 23.9 Å². The third-order valence-electron chi connectivity index (χ3n) is 5.46. The van der Waals surface area contributed by atoms with E-state index in [9.17, 15) is 10.2 Å².